The van der Waals surface area contributed by atoms with Gasteiger partial charge in [0.05, 0.1) is 0 Å². The summed E-state index contributed by atoms with van der Waals surface area (Å²) in [5.74, 6) is 0. The maximum atomic E-state index is 11.4. The zero-order chi connectivity index (χ0) is 12.8. The molecule has 1 heterocycles. The number of hydrogen-bond donors (Lipinski definition) is 2. The molecule has 0 bridgehead atoms. The second kappa shape index (κ2) is 6.32. The van der Waals surface area contributed by atoms with E-state index in [-0.39, 0.29) is 6.03 Å². The highest BCUT2D eigenvalue weighted by Crippen LogP contribution is 2.11. The lowest BCUT2D eigenvalue weighted by Gasteiger charge is -2.00. The first-order chi connectivity index (χ1) is 8.74. The molecular formula is C12H10BrN3OS. The van der Waals surface area contributed by atoms with E-state index >= 15 is 0 Å². The normalized spacial score (nSPS) is 10.5. The van der Waals surface area contributed by atoms with Crippen LogP contribution in [-0.2, 0) is 0 Å². The van der Waals surface area contributed by atoms with Crippen molar-refractivity contribution in [2.45, 2.75) is 0 Å². The Hall–Kier alpha value is -1.66. The average Bonchev–Trinajstić information content (AvgIpc) is 2.84. The second-order valence-corrected chi connectivity index (χ2v) is 5.13. The van der Waals surface area contributed by atoms with Crippen molar-refractivity contribution >= 4 is 44.5 Å². The van der Waals surface area contributed by atoms with Gasteiger partial charge in [-0.3, -0.25) is 5.32 Å². The summed E-state index contributed by atoms with van der Waals surface area (Å²) in [6.07, 6.45) is 5.04. The van der Waals surface area contributed by atoms with Crippen molar-refractivity contribution in [1.29, 1.82) is 0 Å². The molecule has 0 aliphatic rings. The van der Waals surface area contributed by atoms with Gasteiger partial charge in [-0.25, -0.2) is 9.78 Å². The summed E-state index contributed by atoms with van der Waals surface area (Å²) in [6.45, 7) is 0. The molecule has 2 N–H and O–H groups in total. The Morgan fingerprint density at radius 2 is 2.11 bits per heavy atom. The molecular weight excluding hydrogens is 314 g/mol. The maximum absolute atomic E-state index is 11.4. The number of urea groups is 1. The van der Waals surface area contributed by atoms with Gasteiger partial charge in [-0.15, -0.1) is 11.3 Å². The fourth-order valence-electron chi connectivity index (χ4n) is 1.21. The van der Waals surface area contributed by atoms with Gasteiger partial charge in [0, 0.05) is 22.2 Å². The molecule has 18 heavy (non-hydrogen) atoms. The van der Waals surface area contributed by atoms with E-state index < -0.39 is 0 Å². The topological polar surface area (TPSA) is 54.0 Å². The first-order valence-electron chi connectivity index (χ1n) is 5.13. The number of hydrogen-bond acceptors (Lipinski definition) is 3. The minimum absolute atomic E-state index is 0.307. The first kappa shape index (κ1) is 12.8. The van der Waals surface area contributed by atoms with E-state index in [1.807, 2.05) is 30.3 Å². The SMILES string of the molecule is O=C(N/C=C/c1ccc(Br)cc1)Nc1nccs1. The van der Waals surface area contributed by atoms with Crippen molar-refractivity contribution in [2.24, 2.45) is 0 Å². The van der Waals surface area contributed by atoms with Crippen LogP contribution in [0.3, 0.4) is 0 Å². The highest BCUT2D eigenvalue weighted by Gasteiger charge is 1.99. The van der Waals surface area contributed by atoms with Crippen LogP contribution >= 0.6 is 27.3 Å². The molecule has 0 saturated carbocycles. The van der Waals surface area contributed by atoms with Crippen molar-refractivity contribution < 1.29 is 4.79 Å². The summed E-state index contributed by atoms with van der Waals surface area (Å²) < 4.78 is 1.02. The van der Waals surface area contributed by atoms with Crippen LogP contribution in [0.5, 0.6) is 0 Å². The van der Waals surface area contributed by atoms with Crippen LogP contribution in [0.15, 0.2) is 46.5 Å². The van der Waals surface area contributed by atoms with Gasteiger partial charge in [0.15, 0.2) is 5.13 Å². The lowest BCUT2D eigenvalue weighted by molar-refractivity contribution is 0.255. The number of benzene rings is 1. The van der Waals surface area contributed by atoms with Gasteiger partial charge in [0.1, 0.15) is 0 Å². The smallest absolute Gasteiger partial charge is 0.314 e. The van der Waals surface area contributed by atoms with Crippen molar-refractivity contribution in [3.63, 3.8) is 0 Å². The van der Waals surface area contributed by atoms with Gasteiger partial charge in [0.25, 0.3) is 0 Å². The quantitative estimate of drug-likeness (QED) is 0.904. The standard InChI is InChI=1S/C12H10BrN3OS/c13-10-3-1-9(2-4-10)5-6-14-11(17)16-12-15-7-8-18-12/h1-8H,(H2,14,15,16,17)/b6-5+. The molecule has 2 rings (SSSR count). The number of nitrogens with one attached hydrogen (secondary N) is 2. The lowest BCUT2D eigenvalue weighted by atomic mass is 10.2. The minimum Gasteiger partial charge on any atom is -0.314 e. The van der Waals surface area contributed by atoms with Gasteiger partial charge in [-0.05, 0) is 23.8 Å². The molecule has 0 spiro atoms. The van der Waals surface area contributed by atoms with E-state index in [1.54, 1.807) is 17.8 Å². The van der Waals surface area contributed by atoms with E-state index in [0.29, 0.717) is 5.13 Å². The number of amides is 2. The van der Waals surface area contributed by atoms with Gasteiger partial charge in [-0.2, -0.15) is 0 Å². The third-order valence-electron chi connectivity index (χ3n) is 2.01. The van der Waals surface area contributed by atoms with Crippen LogP contribution in [0, 0.1) is 0 Å². The molecule has 0 atom stereocenters. The van der Waals surface area contributed by atoms with Gasteiger partial charge >= 0.3 is 6.03 Å². The number of aromatic nitrogens is 1. The Bertz CT molecular complexity index is 537. The van der Waals surface area contributed by atoms with Crippen LogP contribution in [-0.4, -0.2) is 11.0 Å². The predicted octanol–water partition coefficient (Wildman–Crippen LogP) is 3.70. The summed E-state index contributed by atoms with van der Waals surface area (Å²) in [5.41, 5.74) is 1.01. The largest absolute Gasteiger partial charge is 0.325 e. The number of carbonyl (C=O) groups excluding carboxylic acids is 1. The van der Waals surface area contributed by atoms with Crippen molar-refractivity contribution in [3.8, 4) is 0 Å². The van der Waals surface area contributed by atoms with E-state index in [0.717, 1.165) is 10.0 Å². The summed E-state index contributed by atoms with van der Waals surface area (Å²) >= 11 is 4.73. The summed E-state index contributed by atoms with van der Waals surface area (Å²) in [5, 5.41) is 7.60. The molecule has 0 radical (unpaired) electrons. The van der Waals surface area contributed by atoms with Crippen LogP contribution < -0.4 is 10.6 Å². The monoisotopic (exact) mass is 323 g/mol. The van der Waals surface area contributed by atoms with Gasteiger partial charge in [-0.1, -0.05) is 28.1 Å². The summed E-state index contributed by atoms with van der Waals surface area (Å²) in [4.78, 5) is 15.4. The Morgan fingerprint density at radius 1 is 1.33 bits per heavy atom. The van der Waals surface area contributed by atoms with Crippen LogP contribution in [0.4, 0.5) is 9.93 Å². The number of carbonyl (C=O) groups is 1. The first-order valence-corrected chi connectivity index (χ1v) is 6.80. The fraction of sp³-hybridized carbons (Fsp3) is 0. The average molecular weight is 324 g/mol. The van der Waals surface area contributed by atoms with Crippen molar-refractivity contribution in [3.05, 3.63) is 52.1 Å². The predicted molar refractivity (Wildman–Crippen MR) is 77.4 cm³/mol. The molecule has 0 saturated heterocycles. The number of nitrogens with zero attached hydrogens (tertiary/aromatic N) is 1. The number of rotatable bonds is 3. The van der Waals surface area contributed by atoms with E-state index in [2.05, 4.69) is 31.5 Å². The fourth-order valence-corrected chi connectivity index (χ4v) is 1.99. The van der Waals surface area contributed by atoms with Crippen LogP contribution in [0.25, 0.3) is 6.08 Å². The zero-order valence-electron chi connectivity index (χ0n) is 9.26. The van der Waals surface area contributed by atoms with Crippen LogP contribution in [0.1, 0.15) is 5.56 Å². The van der Waals surface area contributed by atoms with Crippen molar-refractivity contribution in [2.75, 3.05) is 5.32 Å². The third kappa shape index (κ3) is 3.97. The number of halogens is 1. The molecule has 0 unspecified atom stereocenters. The maximum Gasteiger partial charge on any atom is 0.325 e. The highest BCUT2D eigenvalue weighted by molar-refractivity contribution is 9.10. The Morgan fingerprint density at radius 3 is 2.78 bits per heavy atom. The number of anilines is 1. The molecule has 0 aliphatic carbocycles. The molecule has 0 aliphatic heterocycles. The highest BCUT2D eigenvalue weighted by atomic mass is 79.9. The van der Waals surface area contributed by atoms with Gasteiger partial charge < -0.3 is 5.32 Å². The molecule has 1 aromatic heterocycles. The van der Waals surface area contributed by atoms with Crippen LogP contribution in [0.2, 0.25) is 0 Å². The zero-order valence-corrected chi connectivity index (χ0v) is 11.7. The lowest BCUT2D eigenvalue weighted by Crippen LogP contribution is -2.23. The Balaban J connectivity index is 1.84. The van der Waals surface area contributed by atoms with Crippen molar-refractivity contribution in [1.82, 2.24) is 10.3 Å². The van der Waals surface area contributed by atoms with Gasteiger partial charge in [0.2, 0.25) is 0 Å². The Labute approximate surface area is 117 Å². The molecule has 2 aromatic rings. The van der Waals surface area contributed by atoms with E-state index in [1.165, 1.54) is 11.3 Å². The summed E-state index contributed by atoms with van der Waals surface area (Å²) in [6, 6.07) is 7.46. The Kier molecular flexibility index (Phi) is 4.49. The summed E-state index contributed by atoms with van der Waals surface area (Å²) in [7, 11) is 0. The van der Waals surface area contributed by atoms with E-state index in [4.69, 9.17) is 0 Å². The molecule has 92 valence electrons. The number of thiazole rings is 1. The molecule has 1 aromatic carbocycles. The minimum atomic E-state index is -0.307. The second-order valence-electron chi connectivity index (χ2n) is 3.32. The van der Waals surface area contributed by atoms with E-state index in [9.17, 15) is 4.79 Å². The molecule has 0 fully saturated rings. The third-order valence-corrected chi connectivity index (χ3v) is 3.23. The molecule has 2 amide bonds. The molecule has 4 nitrogen and oxygen atoms in total. The molecule has 6 heteroatoms.